The monoisotopic (exact) mass is 391 g/mol. The summed E-state index contributed by atoms with van der Waals surface area (Å²) in [5.74, 6) is -4.30. The van der Waals surface area contributed by atoms with Crippen LogP contribution < -0.4 is 5.32 Å². The number of rotatable bonds is 6. The average Bonchev–Trinajstić information content (AvgIpc) is 2.46. The van der Waals surface area contributed by atoms with E-state index in [1.165, 1.54) is 12.1 Å². The van der Waals surface area contributed by atoms with Gasteiger partial charge in [0.15, 0.2) is 0 Å². The van der Waals surface area contributed by atoms with Crippen molar-refractivity contribution in [3.63, 3.8) is 0 Å². The molecule has 0 aliphatic heterocycles. The molecule has 1 aromatic rings. The summed E-state index contributed by atoms with van der Waals surface area (Å²) < 4.78 is 56.8. The fraction of sp³-hybridized carbons (Fsp3) is 0.579. The fourth-order valence-corrected chi connectivity index (χ4v) is 2.29. The minimum Gasteiger partial charge on any atom is -0.460 e. The number of hydrogen-bond acceptors (Lipinski definition) is 3. The highest BCUT2D eigenvalue weighted by atomic mass is 19.4. The van der Waals surface area contributed by atoms with E-state index in [4.69, 9.17) is 4.74 Å². The van der Waals surface area contributed by atoms with Crippen LogP contribution in [0.25, 0.3) is 0 Å². The van der Waals surface area contributed by atoms with Gasteiger partial charge in [-0.15, -0.1) is 0 Å². The van der Waals surface area contributed by atoms with Gasteiger partial charge in [0.2, 0.25) is 5.91 Å². The number of nitrogens with one attached hydrogen (secondary N) is 1. The highest BCUT2D eigenvalue weighted by Gasteiger charge is 2.37. The summed E-state index contributed by atoms with van der Waals surface area (Å²) >= 11 is 0. The Bertz CT molecular complexity index is 681. The van der Waals surface area contributed by atoms with Crippen molar-refractivity contribution in [3.05, 3.63) is 29.6 Å². The van der Waals surface area contributed by atoms with E-state index in [1.807, 2.05) is 0 Å². The molecule has 1 amide bonds. The van der Waals surface area contributed by atoms with Crippen molar-refractivity contribution >= 4 is 17.6 Å². The Balaban J connectivity index is 2.82. The molecule has 0 saturated heterocycles. The largest absolute Gasteiger partial charge is 0.460 e. The summed E-state index contributed by atoms with van der Waals surface area (Å²) in [5.41, 5.74) is -0.294. The summed E-state index contributed by atoms with van der Waals surface area (Å²) in [6.45, 7) is 7.83. The molecule has 0 heterocycles. The van der Waals surface area contributed by atoms with Gasteiger partial charge in [-0.1, -0.05) is 19.9 Å². The lowest BCUT2D eigenvalue weighted by Gasteiger charge is -2.21. The lowest BCUT2D eigenvalue weighted by atomic mass is 9.97. The van der Waals surface area contributed by atoms with Crippen LogP contribution in [-0.2, 0) is 14.3 Å². The number of anilines is 1. The molecule has 27 heavy (non-hydrogen) atoms. The lowest BCUT2D eigenvalue weighted by Crippen LogP contribution is -2.26. The van der Waals surface area contributed by atoms with Gasteiger partial charge in [0, 0.05) is 6.42 Å². The summed E-state index contributed by atoms with van der Waals surface area (Å²) in [6.07, 6.45) is -5.26. The second-order valence-electron chi connectivity index (χ2n) is 7.63. The normalized spacial score (nSPS) is 14.4. The van der Waals surface area contributed by atoms with E-state index in [1.54, 1.807) is 27.7 Å². The van der Waals surface area contributed by atoms with Crippen LogP contribution in [0.15, 0.2) is 18.2 Å². The molecule has 0 aliphatic rings. The minimum absolute atomic E-state index is 0.0431. The third kappa shape index (κ3) is 7.97. The number of esters is 1. The molecule has 2 atom stereocenters. The molecule has 0 aromatic heterocycles. The van der Waals surface area contributed by atoms with Gasteiger partial charge in [-0.25, -0.2) is 4.39 Å². The molecule has 0 radical (unpaired) electrons. The van der Waals surface area contributed by atoms with Gasteiger partial charge < -0.3 is 10.1 Å². The third-order valence-corrected chi connectivity index (χ3v) is 3.78. The van der Waals surface area contributed by atoms with Crippen LogP contribution in [-0.4, -0.2) is 23.7 Å². The van der Waals surface area contributed by atoms with Crippen molar-refractivity contribution in [1.29, 1.82) is 0 Å². The third-order valence-electron chi connectivity index (χ3n) is 3.78. The van der Waals surface area contributed by atoms with Crippen LogP contribution in [0.3, 0.4) is 0 Å². The van der Waals surface area contributed by atoms with Crippen LogP contribution in [0.5, 0.6) is 0 Å². The summed E-state index contributed by atoms with van der Waals surface area (Å²) in [4.78, 5) is 23.7. The molecule has 4 nitrogen and oxygen atoms in total. The second-order valence-corrected chi connectivity index (χ2v) is 7.63. The maximum Gasteiger partial charge on any atom is 0.392 e. The SMILES string of the molecule is CC(CC(=O)OC(C)(C)C)c1ccc(F)c(NC(=O)C[C@@H](C)C(F)(F)F)c1. The van der Waals surface area contributed by atoms with Crippen LogP contribution in [0.1, 0.15) is 58.9 Å². The van der Waals surface area contributed by atoms with Crippen molar-refractivity contribution < 1.29 is 31.9 Å². The maximum absolute atomic E-state index is 13.9. The summed E-state index contributed by atoms with van der Waals surface area (Å²) in [7, 11) is 0. The van der Waals surface area contributed by atoms with Crippen molar-refractivity contribution in [2.24, 2.45) is 5.92 Å². The first kappa shape index (κ1) is 22.9. The van der Waals surface area contributed by atoms with Gasteiger partial charge in [-0.2, -0.15) is 13.2 Å². The highest BCUT2D eigenvalue weighted by Crippen LogP contribution is 2.29. The molecule has 0 fully saturated rings. The average molecular weight is 391 g/mol. The maximum atomic E-state index is 13.9. The molecule has 1 unspecified atom stereocenters. The van der Waals surface area contributed by atoms with Crippen molar-refractivity contribution in [3.8, 4) is 0 Å². The Hall–Kier alpha value is -2.12. The van der Waals surface area contributed by atoms with Gasteiger partial charge in [0.05, 0.1) is 18.0 Å². The van der Waals surface area contributed by atoms with Crippen molar-refractivity contribution in [2.75, 3.05) is 5.32 Å². The quantitative estimate of drug-likeness (QED) is 0.536. The van der Waals surface area contributed by atoms with Crippen LogP contribution >= 0.6 is 0 Å². The Morgan fingerprint density at radius 2 is 1.70 bits per heavy atom. The van der Waals surface area contributed by atoms with Crippen LogP contribution in [0, 0.1) is 11.7 Å². The van der Waals surface area contributed by atoms with E-state index in [9.17, 15) is 27.2 Å². The number of halogens is 4. The van der Waals surface area contributed by atoms with Gasteiger partial charge in [-0.05, 0) is 44.4 Å². The number of ether oxygens (including phenoxy) is 1. The first-order valence-electron chi connectivity index (χ1n) is 8.57. The number of carbonyl (C=O) groups excluding carboxylic acids is 2. The molecule has 1 N–H and O–H groups in total. The van der Waals surface area contributed by atoms with Gasteiger partial charge in [-0.3, -0.25) is 9.59 Å². The molecular weight excluding hydrogens is 366 g/mol. The Labute approximate surface area is 156 Å². The molecular formula is C19H25F4NO3. The predicted molar refractivity (Wildman–Crippen MR) is 93.7 cm³/mol. The first-order chi connectivity index (χ1) is 12.2. The van der Waals surface area contributed by atoms with Gasteiger partial charge >= 0.3 is 12.1 Å². The van der Waals surface area contributed by atoms with E-state index in [-0.39, 0.29) is 18.0 Å². The van der Waals surface area contributed by atoms with Crippen LogP contribution in [0.2, 0.25) is 0 Å². The molecule has 0 spiro atoms. The number of hydrogen-bond donors (Lipinski definition) is 1. The minimum atomic E-state index is -4.50. The van der Waals surface area contributed by atoms with Crippen molar-refractivity contribution in [1.82, 2.24) is 0 Å². The number of benzene rings is 1. The zero-order valence-electron chi connectivity index (χ0n) is 16.0. The Morgan fingerprint density at radius 3 is 2.22 bits per heavy atom. The zero-order valence-corrected chi connectivity index (χ0v) is 16.0. The lowest BCUT2D eigenvalue weighted by molar-refractivity contribution is -0.173. The Morgan fingerprint density at radius 1 is 1.11 bits per heavy atom. The second kappa shape index (κ2) is 8.71. The molecule has 1 aromatic carbocycles. The number of amides is 1. The molecule has 8 heteroatoms. The predicted octanol–water partition coefficient (Wildman–Crippen LogP) is 5.19. The molecule has 0 aliphatic carbocycles. The van der Waals surface area contributed by atoms with E-state index in [2.05, 4.69) is 5.32 Å². The van der Waals surface area contributed by atoms with Crippen molar-refractivity contribution in [2.45, 2.75) is 65.2 Å². The number of carbonyl (C=O) groups is 2. The molecule has 0 bridgehead atoms. The van der Waals surface area contributed by atoms with E-state index in [0.717, 1.165) is 13.0 Å². The molecule has 152 valence electrons. The summed E-state index contributed by atoms with van der Waals surface area (Å²) in [6, 6.07) is 3.88. The topological polar surface area (TPSA) is 55.4 Å². The van der Waals surface area contributed by atoms with Gasteiger partial charge in [0.1, 0.15) is 11.4 Å². The summed E-state index contributed by atoms with van der Waals surface area (Å²) in [5, 5.41) is 2.17. The van der Waals surface area contributed by atoms with Crippen LogP contribution in [0.4, 0.5) is 23.2 Å². The van der Waals surface area contributed by atoms with E-state index >= 15 is 0 Å². The Kier molecular flexibility index (Phi) is 7.40. The molecule has 0 saturated carbocycles. The highest BCUT2D eigenvalue weighted by molar-refractivity contribution is 5.91. The van der Waals surface area contributed by atoms with Gasteiger partial charge in [0.25, 0.3) is 0 Å². The fourth-order valence-electron chi connectivity index (χ4n) is 2.29. The zero-order chi connectivity index (χ0) is 21.0. The first-order valence-corrected chi connectivity index (χ1v) is 8.57. The molecule has 1 rings (SSSR count). The number of alkyl halides is 3. The van der Waals surface area contributed by atoms with E-state index in [0.29, 0.717) is 5.56 Å². The smallest absolute Gasteiger partial charge is 0.392 e. The standard InChI is InChI=1S/C19H25F4NO3/c1-11(8-17(26)27-18(3,4)5)13-6-7-14(20)15(10-13)24-16(25)9-12(2)19(21,22)23/h6-7,10-12H,8-9H2,1-5H3,(H,24,25)/t11?,12-/m1/s1. The van der Waals surface area contributed by atoms with E-state index < -0.39 is 41.8 Å².